The summed E-state index contributed by atoms with van der Waals surface area (Å²) in [5.41, 5.74) is 0.776. The van der Waals surface area contributed by atoms with E-state index in [0.29, 0.717) is 18.1 Å². The van der Waals surface area contributed by atoms with Crippen molar-refractivity contribution >= 4 is 24.6 Å². The average Bonchev–Trinajstić information content (AvgIpc) is 2.26. The molecule has 0 saturated carbocycles. The molecule has 4 nitrogen and oxygen atoms in total. The highest BCUT2D eigenvalue weighted by atomic mass is 16.4. The Morgan fingerprint density at radius 2 is 1.60 bits per heavy atom. The first-order valence-electron chi connectivity index (χ1n) is 4.13. The van der Waals surface area contributed by atoms with Crippen LogP contribution in [0.15, 0.2) is 29.8 Å². The minimum atomic E-state index is -1.02. The van der Waals surface area contributed by atoms with Crippen molar-refractivity contribution < 1.29 is 19.5 Å². The molecule has 0 bridgehead atoms. The highest BCUT2D eigenvalue weighted by Crippen LogP contribution is 2.07. The van der Waals surface area contributed by atoms with E-state index in [1.165, 1.54) is 30.3 Å². The van der Waals surface area contributed by atoms with Gasteiger partial charge in [0.2, 0.25) is 0 Å². The van der Waals surface area contributed by atoms with E-state index in [0.717, 1.165) is 0 Å². The molecule has 0 fully saturated rings. The van der Waals surface area contributed by atoms with Crippen LogP contribution in [0.5, 0.6) is 0 Å². The predicted octanol–water partition coefficient (Wildman–Crippen LogP) is 1.17. The Morgan fingerprint density at radius 1 is 1.07 bits per heavy atom. The van der Waals surface area contributed by atoms with Gasteiger partial charge in [-0.05, 0) is 23.8 Å². The zero-order valence-electron chi connectivity index (χ0n) is 7.71. The van der Waals surface area contributed by atoms with Gasteiger partial charge in [-0.3, -0.25) is 9.59 Å². The highest BCUT2D eigenvalue weighted by Gasteiger charge is 2.00. The molecule has 0 aromatic heterocycles. The molecule has 1 aromatic rings. The van der Waals surface area contributed by atoms with Crippen molar-refractivity contribution in [3.05, 3.63) is 41.0 Å². The molecule has 1 N–H and O–H groups in total. The molecule has 76 valence electrons. The van der Waals surface area contributed by atoms with Gasteiger partial charge in [-0.2, -0.15) is 0 Å². The summed E-state index contributed by atoms with van der Waals surface area (Å²) >= 11 is 0. The number of allylic oxidation sites excluding steroid dienone is 1. The molecule has 1 aromatic carbocycles. The zero-order valence-corrected chi connectivity index (χ0v) is 7.71. The molecule has 0 saturated heterocycles. The zero-order chi connectivity index (χ0) is 11.3. The van der Waals surface area contributed by atoms with E-state index in [1.807, 2.05) is 0 Å². The van der Waals surface area contributed by atoms with Gasteiger partial charge in [0.25, 0.3) is 0 Å². The summed E-state index contributed by atoms with van der Waals surface area (Å²) < 4.78 is 0. The fraction of sp³-hybridized carbons (Fsp3) is 0. The van der Waals surface area contributed by atoms with Crippen LogP contribution in [0.2, 0.25) is 0 Å². The van der Waals surface area contributed by atoms with Gasteiger partial charge in [0.1, 0.15) is 0 Å². The largest absolute Gasteiger partial charge is 0.478 e. The molecule has 0 atom stereocenters. The normalized spacial score (nSPS) is 9.07. The van der Waals surface area contributed by atoms with E-state index in [9.17, 15) is 14.4 Å². The van der Waals surface area contributed by atoms with Crippen molar-refractivity contribution in [3.8, 4) is 0 Å². The van der Waals surface area contributed by atoms with E-state index in [2.05, 4.69) is 0 Å². The number of hydrogen-bond acceptors (Lipinski definition) is 3. The van der Waals surface area contributed by atoms with Gasteiger partial charge in [-0.1, -0.05) is 12.1 Å². The smallest absolute Gasteiger partial charge is 0.335 e. The van der Waals surface area contributed by atoms with Crippen LogP contribution >= 0.6 is 0 Å². The molecule has 1 rings (SSSR count). The lowest BCUT2D eigenvalue weighted by molar-refractivity contribution is -0.109. The number of carbonyl (C=O) groups excluding carboxylic acids is 2. The van der Waals surface area contributed by atoms with Gasteiger partial charge in [0.05, 0.1) is 11.1 Å². The second-order valence-electron chi connectivity index (χ2n) is 2.81. The van der Waals surface area contributed by atoms with Gasteiger partial charge >= 0.3 is 5.97 Å². The van der Waals surface area contributed by atoms with Crippen molar-refractivity contribution in [1.29, 1.82) is 0 Å². The first-order chi connectivity index (χ1) is 7.17. The van der Waals surface area contributed by atoms with Gasteiger partial charge in [-0.25, -0.2) is 4.79 Å². The lowest BCUT2D eigenvalue weighted by Gasteiger charge is -1.95. The van der Waals surface area contributed by atoms with E-state index in [1.54, 1.807) is 0 Å². The quantitative estimate of drug-likeness (QED) is 0.346. The first-order valence-corrected chi connectivity index (χ1v) is 4.13. The summed E-state index contributed by atoms with van der Waals surface area (Å²) in [5.74, 6) is -1.02. The van der Waals surface area contributed by atoms with Crippen molar-refractivity contribution in [1.82, 2.24) is 0 Å². The van der Waals surface area contributed by atoms with E-state index < -0.39 is 5.97 Å². The number of rotatable bonds is 4. The molecule has 0 aliphatic rings. The predicted molar refractivity (Wildman–Crippen MR) is 53.5 cm³/mol. The van der Waals surface area contributed by atoms with E-state index in [4.69, 9.17) is 5.11 Å². The van der Waals surface area contributed by atoms with Crippen molar-refractivity contribution in [3.63, 3.8) is 0 Å². The van der Waals surface area contributed by atoms with Crippen LogP contribution in [0.25, 0.3) is 6.08 Å². The van der Waals surface area contributed by atoms with Crippen LogP contribution in [0.1, 0.15) is 15.9 Å². The van der Waals surface area contributed by atoms with Gasteiger partial charge in [0, 0.05) is 0 Å². The fourth-order valence-corrected chi connectivity index (χ4v) is 1.01. The molecule has 0 heterocycles. The van der Waals surface area contributed by atoms with Gasteiger partial charge < -0.3 is 5.11 Å². The Hall–Kier alpha value is -2.23. The molecule has 0 unspecified atom stereocenters. The maximum atomic E-state index is 10.5. The lowest BCUT2D eigenvalue weighted by Crippen LogP contribution is -1.95. The van der Waals surface area contributed by atoms with Crippen LogP contribution in [0.3, 0.4) is 0 Å². The Bertz CT molecular complexity index is 405. The highest BCUT2D eigenvalue weighted by molar-refractivity contribution is 6.04. The molecule has 15 heavy (non-hydrogen) atoms. The summed E-state index contributed by atoms with van der Waals surface area (Å²) in [6.45, 7) is 0. The molecule has 0 radical (unpaired) electrons. The fourth-order valence-electron chi connectivity index (χ4n) is 1.01. The Morgan fingerprint density at radius 3 is 2.00 bits per heavy atom. The molecule has 0 spiro atoms. The van der Waals surface area contributed by atoms with Gasteiger partial charge in [0.15, 0.2) is 12.6 Å². The van der Waals surface area contributed by atoms with E-state index in [-0.39, 0.29) is 11.1 Å². The Kier molecular flexibility index (Phi) is 3.51. The second kappa shape index (κ2) is 4.85. The topological polar surface area (TPSA) is 71.4 Å². The minimum Gasteiger partial charge on any atom is -0.478 e. The number of hydrogen-bond donors (Lipinski definition) is 1. The Labute approximate surface area is 85.8 Å². The summed E-state index contributed by atoms with van der Waals surface area (Å²) in [6, 6.07) is 5.86. The summed E-state index contributed by atoms with van der Waals surface area (Å²) in [4.78, 5) is 31.2. The second-order valence-corrected chi connectivity index (χ2v) is 2.81. The molecular weight excluding hydrogens is 196 g/mol. The van der Waals surface area contributed by atoms with Crippen molar-refractivity contribution in [2.45, 2.75) is 0 Å². The third-order valence-electron chi connectivity index (χ3n) is 1.76. The van der Waals surface area contributed by atoms with Gasteiger partial charge in [-0.15, -0.1) is 0 Å². The summed E-state index contributed by atoms with van der Waals surface area (Å²) in [5, 5.41) is 8.62. The van der Waals surface area contributed by atoms with Crippen LogP contribution < -0.4 is 0 Å². The number of aromatic carboxylic acids is 1. The van der Waals surface area contributed by atoms with Crippen LogP contribution in [-0.2, 0) is 9.59 Å². The Balaban J connectivity index is 2.99. The van der Waals surface area contributed by atoms with E-state index >= 15 is 0 Å². The minimum absolute atomic E-state index is 0.0121. The number of aldehydes is 2. The summed E-state index contributed by atoms with van der Waals surface area (Å²) in [6.07, 6.45) is 2.27. The van der Waals surface area contributed by atoms with Crippen LogP contribution in [0, 0.1) is 0 Å². The third kappa shape index (κ3) is 2.87. The van der Waals surface area contributed by atoms with Crippen molar-refractivity contribution in [2.75, 3.05) is 0 Å². The molecule has 0 aliphatic carbocycles. The maximum absolute atomic E-state index is 10.5. The number of carboxylic acid groups (broad SMARTS) is 1. The van der Waals surface area contributed by atoms with Crippen LogP contribution in [0.4, 0.5) is 0 Å². The number of benzene rings is 1. The molecular formula is C11H8O4. The number of carbonyl (C=O) groups is 3. The standard InChI is InChI=1S/C11H8O4/c12-6-9(7-13)5-8-1-3-10(4-2-8)11(14)15/h1-7H,(H,14,15). The SMILES string of the molecule is O=CC(C=O)=Cc1ccc(C(=O)O)cc1. The summed E-state index contributed by atoms with van der Waals surface area (Å²) in [7, 11) is 0. The van der Waals surface area contributed by atoms with Crippen molar-refractivity contribution in [2.24, 2.45) is 0 Å². The maximum Gasteiger partial charge on any atom is 0.335 e. The molecule has 0 aliphatic heterocycles. The average molecular weight is 204 g/mol. The first kappa shape index (κ1) is 10.8. The van der Waals surface area contributed by atoms with Crippen LogP contribution in [-0.4, -0.2) is 23.6 Å². The third-order valence-corrected chi connectivity index (χ3v) is 1.76. The lowest BCUT2D eigenvalue weighted by atomic mass is 10.1. The molecule has 4 heteroatoms. The monoisotopic (exact) mass is 204 g/mol. The molecule has 0 amide bonds. The number of carboxylic acids is 1.